The molecule has 1 atom stereocenters. The summed E-state index contributed by atoms with van der Waals surface area (Å²) in [5, 5.41) is 5.38. The molecule has 0 aliphatic carbocycles. The van der Waals surface area contributed by atoms with E-state index in [9.17, 15) is 13.2 Å². The van der Waals surface area contributed by atoms with Crippen LogP contribution in [0.2, 0.25) is 0 Å². The van der Waals surface area contributed by atoms with Gasteiger partial charge in [0.25, 0.3) is 0 Å². The molecule has 0 aromatic heterocycles. The van der Waals surface area contributed by atoms with E-state index in [2.05, 4.69) is 10.6 Å². The van der Waals surface area contributed by atoms with Gasteiger partial charge in [0.1, 0.15) is 0 Å². The molecule has 0 fully saturated rings. The first-order valence-corrected chi connectivity index (χ1v) is 8.53. The SMILES string of the molecule is Cc1ccc(S(=O)(=O)C[C@@H](C)NC(=O)NC(C)(C)C)cc1. The average Bonchev–Trinajstić information content (AvgIpc) is 2.25. The monoisotopic (exact) mass is 312 g/mol. The number of rotatable bonds is 4. The maximum absolute atomic E-state index is 12.2. The summed E-state index contributed by atoms with van der Waals surface area (Å²) in [4.78, 5) is 12.0. The van der Waals surface area contributed by atoms with Gasteiger partial charge >= 0.3 is 6.03 Å². The minimum atomic E-state index is -3.41. The van der Waals surface area contributed by atoms with Crippen molar-refractivity contribution in [3.63, 3.8) is 0 Å². The minimum Gasteiger partial charge on any atom is -0.335 e. The Hall–Kier alpha value is -1.56. The molecule has 21 heavy (non-hydrogen) atoms. The summed E-state index contributed by atoms with van der Waals surface area (Å²) in [6.07, 6.45) is 0. The van der Waals surface area contributed by atoms with E-state index in [0.29, 0.717) is 0 Å². The fourth-order valence-corrected chi connectivity index (χ4v) is 3.30. The standard InChI is InChI=1S/C15H24N2O3S/c1-11-6-8-13(9-7-11)21(19,20)10-12(2)16-14(18)17-15(3,4)5/h6-9,12H,10H2,1-5H3,(H2,16,17,18)/t12-/m1/s1. The highest BCUT2D eigenvalue weighted by Crippen LogP contribution is 2.13. The van der Waals surface area contributed by atoms with Crippen molar-refractivity contribution in [3.05, 3.63) is 29.8 Å². The fourth-order valence-electron chi connectivity index (χ4n) is 1.81. The van der Waals surface area contributed by atoms with E-state index >= 15 is 0 Å². The van der Waals surface area contributed by atoms with Crippen molar-refractivity contribution < 1.29 is 13.2 Å². The van der Waals surface area contributed by atoms with Crippen LogP contribution in [0.4, 0.5) is 4.79 Å². The van der Waals surface area contributed by atoms with Crippen molar-refractivity contribution in [3.8, 4) is 0 Å². The Morgan fingerprint density at radius 2 is 1.71 bits per heavy atom. The van der Waals surface area contributed by atoms with Crippen LogP contribution < -0.4 is 10.6 Å². The normalized spacial score (nSPS) is 13.6. The molecular weight excluding hydrogens is 288 g/mol. The summed E-state index contributed by atoms with van der Waals surface area (Å²) < 4.78 is 24.5. The van der Waals surface area contributed by atoms with Gasteiger partial charge in [-0.25, -0.2) is 13.2 Å². The molecule has 2 amide bonds. The Bertz CT molecular complexity index is 586. The molecule has 118 valence electrons. The molecule has 2 N–H and O–H groups in total. The van der Waals surface area contributed by atoms with Crippen LogP contribution in [-0.2, 0) is 9.84 Å². The van der Waals surface area contributed by atoms with Crippen LogP contribution in [0.3, 0.4) is 0 Å². The molecule has 5 nitrogen and oxygen atoms in total. The fraction of sp³-hybridized carbons (Fsp3) is 0.533. The minimum absolute atomic E-state index is 0.131. The molecule has 0 aliphatic rings. The van der Waals surface area contributed by atoms with Crippen molar-refractivity contribution >= 4 is 15.9 Å². The zero-order chi connectivity index (χ0) is 16.3. The lowest BCUT2D eigenvalue weighted by Crippen LogP contribution is -2.50. The molecule has 0 unspecified atom stereocenters. The summed E-state index contributed by atoms with van der Waals surface area (Å²) in [6.45, 7) is 9.16. The van der Waals surface area contributed by atoms with Crippen molar-refractivity contribution in [2.24, 2.45) is 0 Å². The van der Waals surface area contributed by atoms with Crippen LogP contribution in [0, 0.1) is 6.92 Å². The van der Waals surface area contributed by atoms with Crippen molar-refractivity contribution in [1.82, 2.24) is 10.6 Å². The topological polar surface area (TPSA) is 75.3 Å². The number of nitrogens with one attached hydrogen (secondary N) is 2. The third kappa shape index (κ3) is 6.16. The molecule has 6 heteroatoms. The van der Waals surface area contributed by atoms with Crippen molar-refractivity contribution in [2.45, 2.75) is 51.1 Å². The first kappa shape index (κ1) is 17.5. The Morgan fingerprint density at radius 1 is 1.19 bits per heavy atom. The largest absolute Gasteiger partial charge is 0.335 e. The molecule has 0 spiro atoms. The van der Waals surface area contributed by atoms with Gasteiger partial charge in [-0.3, -0.25) is 0 Å². The third-order valence-electron chi connectivity index (χ3n) is 2.72. The number of carbonyl (C=O) groups excluding carboxylic acids is 1. The second-order valence-corrected chi connectivity index (χ2v) is 8.38. The van der Waals surface area contributed by atoms with Crippen LogP contribution in [0.1, 0.15) is 33.3 Å². The summed E-state index contributed by atoms with van der Waals surface area (Å²) in [6, 6.07) is 5.86. The number of hydrogen-bond acceptors (Lipinski definition) is 3. The van der Waals surface area contributed by atoms with Gasteiger partial charge in [-0.15, -0.1) is 0 Å². The molecule has 1 rings (SSSR count). The quantitative estimate of drug-likeness (QED) is 0.895. The number of hydrogen-bond donors (Lipinski definition) is 2. The van der Waals surface area contributed by atoms with Crippen LogP contribution in [0.5, 0.6) is 0 Å². The summed E-state index contributed by atoms with van der Waals surface area (Å²) in [5.41, 5.74) is 0.643. The van der Waals surface area contributed by atoms with E-state index in [1.54, 1.807) is 31.2 Å². The van der Waals surface area contributed by atoms with E-state index in [-0.39, 0.29) is 22.2 Å². The number of urea groups is 1. The van der Waals surface area contributed by atoms with Crippen LogP contribution in [-0.4, -0.2) is 31.8 Å². The Labute approximate surface area is 127 Å². The van der Waals surface area contributed by atoms with Crippen LogP contribution >= 0.6 is 0 Å². The number of amides is 2. The van der Waals surface area contributed by atoms with E-state index in [4.69, 9.17) is 0 Å². The zero-order valence-corrected chi connectivity index (χ0v) is 14.0. The van der Waals surface area contributed by atoms with E-state index in [1.165, 1.54) is 0 Å². The number of aryl methyl sites for hydroxylation is 1. The number of carbonyl (C=O) groups is 1. The predicted molar refractivity (Wildman–Crippen MR) is 84.1 cm³/mol. The van der Waals surface area contributed by atoms with Gasteiger partial charge in [0.05, 0.1) is 10.6 Å². The van der Waals surface area contributed by atoms with Gasteiger partial charge in [0.15, 0.2) is 9.84 Å². The predicted octanol–water partition coefficient (Wildman–Crippen LogP) is 2.25. The second-order valence-electron chi connectivity index (χ2n) is 6.34. The smallest absolute Gasteiger partial charge is 0.315 e. The summed E-state index contributed by atoms with van der Waals surface area (Å²) >= 11 is 0. The van der Waals surface area contributed by atoms with E-state index < -0.39 is 15.9 Å². The maximum Gasteiger partial charge on any atom is 0.315 e. The first-order chi connectivity index (χ1) is 9.49. The van der Waals surface area contributed by atoms with Crippen molar-refractivity contribution in [2.75, 3.05) is 5.75 Å². The van der Waals surface area contributed by atoms with Crippen LogP contribution in [0.25, 0.3) is 0 Å². The van der Waals surface area contributed by atoms with Gasteiger partial charge < -0.3 is 10.6 Å². The van der Waals surface area contributed by atoms with Gasteiger partial charge in [-0.2, -0.15) is 0 Å². The molecule has 0 saturated carbocycles. The van der Waals surface area contributed by atoms with Gasteiger partial charge in [0, 0.05) is 11.6 Å². The Kier molecular flexibility index (Phi) is 5.39. The van der Waals surface area contributed by atoms with Crippen molar-refractivity contribution in [1.29, 1.82) is 0 Å². The van der Waals surface area contributed by atoms with E-state index in [1.807, 2.05) is 27.7 Å². The highest BCUT2D eigenvalue weighted by Gasteiger charge is 2.21. The Morgan fingerprint density at radius 3 is 2.19 bits per heavy atom. The lowest BCUT2D eigenvalue weighted by Gasteiger charge is -2.22. The molecule has 0 bridgehead atoms. The van der Waals surface area contributed by atoms with E-state index in [0.717, 1.165) is 5.56 Å². The lowest BCUT2D eigenvalue weighted by molar-refractivity contribution is 0.230. The third-order valence-corrected chi connectivity index (χ3v) is 4.64. The molecule has 0 aliphatic heterocycles. The molecule has 0 heterocycles. The Balaban J connectivity index is 2.67. The molecule has 0 saturated heterocycles. The highest BCUT2D eigenvalue weighted by atomic mass is 32.2. The molecule has 1 aromatic rings. The van der Waals surface area contributed by atoms with Gasteiger partial charge in [-0.1, -0.05) is 17.7 Å². The van der Waals surface area contributed by atoms with Gasteiger partial charge in [0.2, 0.25) is 0 Å². The first-order valence-electron chi connectivity index (χ1n) is 6.88. The number of sulfone groups is 1. The molecule has 1 aromatic carbocycles. The molecule has 0 radical (unpaired) electrons. The summed E-state index contributed by atoms with van der Waals surface area (Å²) in [7, 11) is -3.41. The van der Waals surface area contributed by atoms with Gasteiger partial charge in [-0.05, 0) is 46.8 Å². The second kappa shape index (κ2) is 6.47. The molecular formula is C15H24N2O3S. The van der Waals surface area contributed by atoms with Crippen LogP contribution in [0.15, 0.2) is 29.2 Å². The average molecular weight is 312 g/mol. The lowest BCUT2D eigenvalue weighted by atomic mass is 10.1. The zero-order valence-electron chi connectivity index (χ0n) is 13.2. The summed E-state index contributed by atoms with van der Waals surface area (Å²) in [5.74, 6) is -0.131. The highest BCUT2D eigenvalue weighted by molar-refractivity contribution is 7.91. The number of benzene rings is 1. The maximum atomic E-state index is 12.2.